The summed E-state index contributed by atoms with van der Waals surface area (Å²) in [6.45, 7) is 14.6. The number of nitrogens with zero attached hydrogens (tertiary/aromatic N) is 2. The molecule has 112 valence electrons. The van der Waals surface area contributed by atoms with E-state index in [1.54, 1.807) is 0 Å². The standard InChI is InChI=1S/C16H33N3/c1-5-16(6-2)14-19(12-9-17-16)13-15(3)7-10-18(4)11-8-15/h17H,5-14H2,1-4H3. The Morgan fingerprint density at radius 1 is 1.05 bits per heavy atom. The molecule has 2 saturated heterocycles. The molecule has 3 heteroatoms. The molecule has 0 unspecified atom stereocenters. The lowest BCUT2D eigenvalue weighted by Crippen LogP contribution is -2.61. The predicted octanol–water partition coefficient (Wildman–Crippen LogP) is 2.18. The van der Waals surface area contributed by atoms with Crippen LogP contribution in [0.5, 0.6) is 0 Å². The third-order valence-electron chi connectivity index (χ3n) is 5.61. The summed E-state index contributed by atoms with van der Waals surface area (Å²) >= 11 is 0. The van der Waals surface area contributed by atoms with Crippen LogP contribution in [0.4, 0.5) is 0 Å². The van der Waals surface area contributed by atoms with E-state index >= 15 is 0 Å². The average molecular weight is 267 g/mol. The summed E-state index contributed by atoms with van der Waals surface area (Å²) in [5.74, 6) is 0. The number of nitrogens with one attached hydrogen (secondary N) is 1. The molecule has 2 aliphatic rings. The molecule has 0 aromatic carbocycles. The van der Waals surface area contributed by atoms with Gasteiger partial charge in [0.05, 0.1) is 0 Å². The van der Waals surface area contributed by atoms with Gasteiger partial charge in [-0.15, -0.1) is 0 Å². The molecule has 1 N–H and O–H groups in total. The molecule has 2 heterocycles. The van der Waals surface area contributed by atoms with Crippen LogP contribution in [0.2, 0.25) is 0 Å². The summed E-state index contributed by atoms with van der Waals surface area (Å²) in [7, 11) is 2.25. The number of hydrogen-bond acceptors (Lipinski definition) is 3. The van der Waals surface area contributed by atoms with Crippen molar-refractivity contribution < 1.29 is 0 Å². The van der Waals surface area contributed by atoms with Crippen LogP contribution in [0.1, 0.15) is 46.5 Å². The zero-order chi connectivity index (χ0) is 13.9. The van der Waals surface area contributed by atoms with E-state index in [-0.39, 0.29) is 0 Å². The van der Waals surface area contributed by atoms with Crippen molar-refractivity contribution in [1.82, 2.24) is 15.1 Å². The lowest BCUT2D eigenvalue weighted by Gasteiger charge is -2.47. The van der Waals surface area contributed by atoms with Crippen molar-refractivity contribution >= 4 is 0 Å². The highest BCUT2D eigenvalue weighted by molar-refractivity contribution is 4.95. The molecule has 0 aromatic rings. The summed E-state index contributed by atoms with van der Waals surface area (Å²) < 4.78 is 0. The minimum atomic E-state index is 0.375. The van der Waals surface area contributed by atoms with Gasteiger partial charge in [-0.1, -0.05) is 20.8 Å². The van der Waals surface area contributed by atoms with Gasteiger partial charge in [-0.2, -0.15) is 0 Å². The summed E-state index contributed by atoms with van der Waals surface area (Å²) in [4.78, 5) is 5.21. The van der Waals surface area contributed by atoms with Crippen molar-refractivity contribution in [3.63, 3.8) is 0 Å². The fourth-order valence-corrected chi connectivity index (χ4v) is 3.76. The Morgan fingerprint density at radius 2 is 1.68 bits per heavy atom. The Hall–Kier alpha value is -0.120. The maximum absolute atomic E-state index is 3.77. The molecular weight excluding hydrogens is 234 g/mol. The van der Waals surface area contributed by atoms with E-state index < -0.39 is 0 Å². The maximum Gasteiger partial charge on any atom is 0.0304 e. The van der Waals surface area contributed by atoms with Crippen LogP contribution in [0, 0.1) is 5.41 Å². The topological polar surface area (TPSA) is 18.5 Å². The van der Waals surface area contributed by atoms with Gasteiger partial charge in [0.1, 0.15) is 0 Å². The van der Waals surface area contributed by atoms with Crippen molar-refractivity contribution in [1.29, 1.82) is 0 Å². The van der Waals surface area contributed by atoms with E-state index in [9.17, 15) is 0 Å². The SMILES string of the molecule is CCC1(CC)CN(CC2(C)CCN(C)CC2)CCN1. The second-order valence-electron chi connectivity index (χ2n) is 7.24. The number of piperazine rings is 1. The highest BCUT2D eigenvalue weighted by Gasteiger charge is 2.36. The third-order valence-corrected chi connectivity index (χ3v) is 5.61. The second-order valence-corrected chi connectivity index (χ2v) is 7.24. The second kappa shape index (κ2) is 6.11. The van der Waals surface area contributed by atoms with Gasteiger partial charge in [-0.25, -0.2) is 0 Å². The van der Waals surface area contributed by atoms with E-state index in [4.69, 9.17) is 0 Å². The molecule has 0 spiro atoms. The average Bonchev–Trinajstić information content (AvgIpc) is 2.42. The van der Waals surface area contributed by atoms with Crippen LogP contribution >= 0.6 is 0 Å². The van der Waals surface area contributed by atoms with Crippen LogP contribution < -0.4 is 5.32 Å². The largest absolute Gasteiger partial charge is 0.309 e. The Bertz CT molecular complexity index is 278. The van der Waals surface area contributed by atoms with Gasteiger partial charge in [0, 0.05) is 31.7 Å². The van der Waals surface area contributed by atoms with Gasteiger partial charge in [0.25, 0.3) is 0 Å². The third kappa shape index (κ3) is 3.71. The van der Waals surface area contributed by atoms with E-state index in [1.807, 2.05) is 0 Å². The van der Waals surface area contributed by atoms with E-state index in [1.165, 1.54) is 58.4 Å². The van der Waals surface area contributed by atoms with Crippen molar-refractivity contribution in [3.8, 4) is 0 Å². The first-order valence-electron chi connectivity index (χ1n) is 8.17. The highest BCUT2D eigenvalue weighted by Crippen LogP contribution is 2.32. The van der Waals surface area contributed by atoms with Gasteiger partial charge in [0.15, 0.2) is 0 Å². The summed E-state index contributed by atoms with van der Waals surface area (Å²) in [6, 6.07) is 0. The number of rotatable bonds is 4. The minimum absolute atomic E-state index is 0.375. The molecule has 2 fully saturated rings. The Balaban J connectivity index is 1.91. The van der Waals surface area contributed by atoms with Gasteiger partial charge < -0.3 is 10.2 Å². The smallest absolute Gasteiger partial charge is 0.0304 e. The highest BCUT2D eigenvalue weighted by atomic mass is 15.2. The fourth-order valence-electron chi connectivity index (χ4n) is 3.76. The molecule has 2 rings (SSSR count). The molecule has 3 nitrogen and oxygen atoms in total. The molecule has 0 radical (unpaired) electrons. The zero-order valence-corrected chi connectivity index (χ0v) is 13.5. The summed E-state index contributed by atoms with van der Waals surface area (Å²) in [6.07, 6.45) is 5.22. The van der Waals surface area contributed by atoms with Crippen molar-refractivity contribution in [3.05, 3.63) is 0 Å². The molecule has 19 heavy (non-hydrogen) atoms. The van der Waals surface area contributed by atoms with Gasteiger partial charge in [-0.05, 0) is 51.2 Å². The molecule has 0 bridgehead atoms. The molecule has 2 aliphatic heterocycles. The fraction of sp³-hybridized carbons (Fsp3) is 1.00. The van der Waals surface area contributed by atoms with Crippen LogP contribution in [0.3, 0.4) is 0 Å². The van der Waals surface area contributed by atoms with Crippen LogP contribution in [0.15, 0.2) is 0 Å². The van der Waals surface area contributed by atoms with Crippen molar-refractivity contribution in [2.24, 2.45) is 5.41 Å². The molecule has 0 aliphatic carbocycles. The lowest BCUT2D eigenvalue weighted by atomic mass is 9.79. The molecular formula is C16H33N3. The Labute approximate surface area is 119 Å². The van der Waals surface area contributed by atoms with Crippen molar-refractivity contribution in [2.75, 3.05) is 46.3 Å². The molecule has 0 saturated carbocycles. The number of piperidine rings is 1. The number of likely N-dealkylation sites (tertiary alicyclic amines) is 1. The first-order chi connectivity index (χ1) is 9.01. The van der Waals surface area contributed by atoms with Crippen LogP contribution in [0.25, 0.3) is 0 Å². The summed E-state index contributed by atoms with van der Waals surface area (Å²) in [5, 5.41) is 3.77. The number of hydrogen-bond donors (Lipinski definition) is 1. The van der Waals surface area contributed by atoms with Gasteiger partial charge in [0.2, 0.25) is 0 Å². The minimum Gasteiger partial charge on any atom is -0.309 e. The molecule has 0 atom stereocenters. The van der Waals surface area contributed by atoms with Gasteiger partial charge in [-0.3, -0.25) is 4.90 Å². The van der Waals surface area contributed by atoms with Crippen LogP contribution in [-0.2, 0) is 0 Å². The zero-order valence-electron chi connectivity index (χ0n) is 13.5. The van der Waals surface area contributed by atoms with E-state index in [0.29, 0.717) is 11.0 Å². The van der Waals surface area contributed by atoms with Crippen molar-refractivity contribution in [2.45, 2.75) is 52.0 Å². The monoisotopic (exact) mass is 267 g/mol. The lowest BCUT2D eigenvalue weighted by molar-refractivity contribution is 0.0489. The first kappa shape index (κ1) is 15.3. The van der Waals surface area contributed by atoms with Crippen LogP contribution in [-0.4, -0.2) is 61.7 Å². The molecule has 0 aromatic heterocycles. The maximum atomic E-state index is 3.77. The quantitative estimate of drug-likeness (QED) is 0.842. The first-order valence-corrected chi connectivity index (χ1v) is 8.17. The summed E-state index contributed by atoms with van der Waals surface area (Å²) in [5.41, 5.74) is 0.914. The molecule has 0 amide bonds. The van der Waals surface area contributed by atoms with E-state index in [0.717, 1.165) is 6.54 Å². The Morgan fingerprint density at radius 3 is 2.26 bits per heavy atom. The Kier molecular flexibility index (Phi) is 4.91. The predicted molar refractivity (Wildman–Crippen MR) is 82.6 cm³/mol. The normalized spacial score (nSPS) is 28.4. The van der Waals surface area contributed by atoms with E-state index in [2.05, 4.69) is 42.9 Å². The van der Waals surface area contributed by atoms with Gasteiger partial charge >= 0.3 is 0 Å².